The van der Waals surface area contributed by atoms with E-state index in [0.717, 1.165) is 4.89 Å². The first kappa shape index (κ1) is 8.19. The third-order valence-corrected chi connectivity index (χ3v) is 2.28. The number of hydrogen-bond acceptors (Lipinski definition) is 3. The SMILES string of the molecule is O=S(=O)(N[O-])c1ccccc1. The largest absolute Gasteiger partial charge is 0.775 e. The summed E-state index contributed by atoms with van der Waals surface area (Å²) in [4.78, 5) is 0.961. The molecule has 0 aromatic heterocycles. The minimum absolute atomic E-state index is 0.0185. The molecule has 0 aliphatic rings. The van der Waals surface area contributed by atoms with Crippen LogP contribution < -0.4 is 4.89 Å². The van der Waals surface area contributed by atoms with E-state index in [2.05, 4.69) is 0 Å². The van der Waals surface area contributed by atoms with Crippen molar-refractivity contribution in [3.05, 3.63) is 35.5 Å². The van der Waals surface area contributed by atoms with Crippen LogP contribution in [0.4, 0.5) is 0 Å². The van der Waals surface area contributed by atoms with E-state index in [4.69, 9.17) is 0 Å². The van der Waals surface area contributed by atoms with Crippen molar-refractivity contribution < 1.29 is 8.42 Å². The lowest BCUT2D eigenvalue weighted by Gasteiger charge is -2.07. The van der Waals surface area contributed by atoms with Gasteiger partial charge in [-0.25, -0.2) is 8.42 Å². The second kappa shape index (κ2) is 3.00. The van der Waals surface area contributed by atoms with Gasteiger partial charge in [0.1, 0.15) is 0 Å². The van der Waals surface area contributed by atoms with Crippen LogP contribution in [0.25, 0.3) is 0 Å². The molecular formula is C6H6NO3S-. The van der Waals surface area contributed by atoms with Gasteiger partial charge >= 0.3 is 0 Å². The second-order valence-corrected chi connectivity index (χ2v) is 3.54. The summed E-state index contributed by atoms with van der Waals surface area (Å²) in [5, 5.41) is 9.91. The molecule has 0 bridgehead atoms. The summed E-state index contributed by atoms with van der Waals surface area (Å²) in [6, 6.07) is 7.46. The molecule has 0 radical (unpaired) electrons. The fourth-order valence-corrected chi connectivity index (χ4v) is 1.26. The van der Waals surface area contributed by atoms with Crippen molar-refractivity contribution in [1.29, 1.82) is 0 Å². The van der Waals surface area contributed by atoms with Gasteiger partial charge in [0.05, 0.1) is 4.90 Å². The van der Waals surface area contributed by atoms with E-state index in [1.165, 1.54) is 12.1 Å². The molecule has 0 aliphatic carbocycles. The van der Waals surface area contributed by atoms with Gasteiger partial charge in [-0.1, -0.05) is 18.2 Å². The Kier molecular flexibility index (Phi) is 2.23. The first-order chi connectivity index (χ1) is 5.17. The van der Waals surface area contributed by atoms with E-state index in [1.54, 1.807) is 18.2 Å². The molecule has 4 nitrogen and oxygen atoms in total. The molecule has 0 amide bonds. The number of rotatable bonds is 2. The van der Waals surface area contributed by atoms with Crippen molar-refractivity contribution in [3.63, 3.8) is 0 Å². The summed E-state index contributed by atoms with van der Waals surface area (Å²) >= 11 is 0. The molecule has 0 heterocycles. The maximum absolute atomic E-state index is 10.8. The summed E-state index contributed by atoms with van der Waals surface area (Å²) in [5.41, 5.74) is 0. The van der Waals surface area contributed by atoms with Crippen LogP contribution in [0.5, 0.6) is 0 Å². The van der Waals surface area contributed by atoms with Crippen LogP contribution in [0, 0.1) is 5.21 Å². The van der Waals surface area contributed by atoms with Gasteiger partial charge in [-0.3, -0.25) is 4.89 Å². The van der Waals surface area contributed by atoms with E-state index < -0.39 is 10.0 Å². The minimum atomic E-state index is -3.80. The fraction of sp³-hybridized carbons (Fsp3) is 0. The van der Waals surface area contributed by atoms with Crippen LogP contribution in [-0.2, 0) is 10.0 Å². The molecule has 0 aliphatic heterocycles. The molecule has 11 heavy (non-hydrogen) atoms. The molecule has 60 valence electrons. The molecule has 0 atom stereocenters. The normalized spacial score (nSPS) is 11.4. The Balaban J connectivity index is 3.14. The van der Waals surface area contributed by atoms with E-state index in [-0.39, 0.29) is 4.90 Å². The third-order valence-electron chi connectivity index (χ3n) is 1.16. The van der Waals surface area contributed by atoms with Crippen molar-refractivity contribution in [2.75, 3.05) is 0 Å². The van der Waals surface area contributed by atoms with Gasteiger partial charge in [-0.15, -0.1) is 0 Å². The molecule has 1 aromatic carbocycles. The Hall–Kier alpha value is -0.910. The highest BCUT2D eigenvalue weighted by Gasteiger charge is 2.05. The van der Waals surface area contributed by atoms with Crippen LogP contribution in [0.2, 0.25) is 0 Å². The van der Waals surface area contributed by atoms with E-state index in [1.807, 2.05) is 0 Å². The molecule has 0 saturated carbocycles. The molecular weight excluding hydrogens is 166 g/mol. The zero-order chi connectivity index (χ0) is 8.32. The summed E-state index contributed by atoms with van der Waals surface area (Å²) in [6.07, 6.45) is 0. The average molecular weight is 172 g/mol. The van der Waals surface area contributed by atoms with Crippen molar-refractivity contribution >= 4 is 10.0 Å². The van der Waals surface area contributed by atoms with Crippen molar-refractivity contribution in [2.24, 2.45) is 0 Å². The number of sulfonamides is 1. The number of nitrogens with one attached hydrogen (secondary N) is 1. The van der Waals surface area contributed by atoms with Crippen LogP contribution in [0.3, 0.4) is 0 Å². The summed E-state index contributed by atoms with van der Waals surface area (Å²) < 4.78 is 21.6. The summed E-state index contributed by atoms with van der Waals surface area (Å²) in [7, 11) is -3.80. The lowest BCUT2D eigenvalue weighted by atomic mass is 10.4. The fourth-order valence-electron chi connectivity index (χ4n) is 0.648. The van der Waals surface area contributed by atoms with Gasteiger partial charge in [-0.05, 0) is 12.1 Å². The monoisotopic (exact) mass is 172 g/mol. The Morgan fingerprint density at radius 3 is 2.18 bits per heavy atom. The van der Waals surface area contributed by atoms with Crippen LogP contribution in [-0.4, -0.2) is 8.42 Å². The Morgan fingerprint density at radius 2 is 1.73 bits per heavy atom. The highest BCUT2D eigenvalue weighted by molar-refractivity contribution is 7.89. The Morgan fingerprint density at radius 1 is 1.18 bits per heavy atom. The van der Waals surface area contributed by atoms with Crippen LogP contribution >= 0.6 is 0 Å². The van der Waals surface area contributed by atoms with Crippen LogP contribution in [0.1, 0.15) is 0 Å². The minimum Gasteiger partial charge on any atom is -0.775 e. The average Bonchev–Trinajstić information content (AvgIpc) is 2.06. The summed E-state index contributed by atoms with van der Waals surface area (Å²) in [6.45, 7) is 0. The first-order valence-electron chi connectivity index (χ1n) is 2.86. The lowest BCUT2D eigenvalue weighted by molar-refractivity contribution is 0.591. The third kappa shape index (κ3) is 1.76. The molecule has 1 aromatic rings. The lowest BCUT2D eigenvalue weighted by Crippen LogP contribution is -2.16. The Bertz CT molecular complexity index is 319. The van der Waals surface area contributed by atoms with E-state index in [0.29, 0.717) is 0 Å². The van der Waals surface area contributed by atoms with Crippen molar-refractivity contribution in [2.45, 2.75) is 4.90 Å². The predicted molar refractivity (Wildman–Crippen MR) is 40.1 cm³/mol. The number of hydrogen-bond donors (Lipinski definition) is 1. The molecule has 1 rings (SSSR count). The standard InChI is InChI=1S/C6H6NO3S/c8-7-11(9,10)6-4-2-1-3-5-6/h1-5,7H/q-1. The second-order valence-electron chi connectivity index (χ2n) is 1.90. The summed E-state index contributed by atoms with van der Waals surface area (Å²) in [5.74, 6) is 0. The quantitative estimate of drug-likeness (QED) is 0.659. The molecule has 1 N–H and O–H groups in total. The van der Waals surface area contributed by atoms with Gasteiger partial charge < -0.3 is 5.21 Å². The Labute approximate surface area is 64.5 Å². The molecule has 0 unspecified atom stereocenters. The molecule has 0 fully saturated rings. The van der Waals surface area contributed by atoms with Gasteiger partial charge in [-0.2, -0.15) is 0 Å². The first-order valence-corrected chi connectivity index (χ1v) is 4.34. The van der Waals surface area contributed by atoms with Crippen molar-refractivity contribution in [3.8, 4) is 0 Å². The van der Waals surface area contributed by atoms with Gasteiger partial charge in [0.2, 0.25) is 10.0 Å². The zero-order valence-electron chi connectivity index (χ0n) is 5.52. The molecule has 0 saturated heterocycles. The maximum Gasteiger partial charge on any atom is 0.229 e. The zero-order valence-corrected chi connectivity index (χ0v) is 6.34. The van der Waals surface area contributed by atoms with E-state index in [9.17, 15) is 13.6 Å². The maximum atomic E-state index is 10.8. The highest BCUT2D eigenvalue weighted by Crippen LogP contribution is 2.05. The smallest absolute Gasteiger partial charge is 0.229 e. The topological polar surface area (TPSA) is 69.2 Å². The van der Waals surface area contributed by atoms with Crippen LogP contribution in [0.15, 0.2) is 35.2 Å². The number of benzene rings is 1. The molecule has 5 heteroatoms. The van der Waals surface area contributed by atoms with Gasteiger partial charge in [0.25, 0.3) is 0 Å². The van der Waals surface area contributed by atoms with Gasteiger partial charge in [0, 0.05) is 0 Å². The molecule has 0 spiro atoms. The highest BCUT2D eigenvalue weighted by atomic mass is 32.2. The van der Waals surface area contributed by atoms with Crippen molar-refractivity contribution in [1.82, 2.24) is 4.89 Å². The van der Waals surface area contributed by atoms with Gasteiger partial charge in [0.15, 0.2) is 0 Å². The van der Waals surface area contributed by atoms with E-state index >= 15 is 0 Å². The predicted octanol–water partition coefficient (Wildman–Crippen LogP) is 0.463.